The normalized spacial score (nSPS) is 23.0. The molecule has 1 saturated carbocycles. The number of hydrogen-bond donors (Lipinski definition) is 2. The Morgan fingerprint density at radius 3 is 2.48 bits per heavy atom. The number of nitrogens with one attached hydrogen (secondary N) is 2. The number of likely N-dealkylation sites (N-methyl/N-ethyl adjacent to an activating group) is 2. The third-order valence-corrected chi connectivity index (χ3v) is 13.9. The molecule has 4 aliphatic heterocycles. The second-order valence-corrected chi connectivity index (χ2v) is 18.2. The van der Waals surface area contributed by atoms with Crippen molar-refractivity contribution < 1.29 is 37.5 Å². The van der Waals surface area contributed by atoms with E-state index in [2.05, 4.69) is 49.8 Å². The number of likely N-dealkylation sites (tertiary alicyclic amines) is 1. The lowest BCUT2D eigenvalue weighted by atomic mass is 9.86. The van der Waals surface area contributed by atoms with Crippen molar-refractivity contribution in [3.05, 3.63) is 101 Å². The fraction of sp³-hybridized carbons (Fsp3) is 0.447. The third-order valence-electron chi connectivity index (χ3n) is 13.9. The van der Waals surface area contributed by atoms with Crippen LogP contribution in [0.4, 0.5) is 26.0 Å². The Hall–Kier alpha value is -6.60. The van der Waals surface area contributed by atoms with Gasteiger partial charge in [-0.05, 0) is 87.2 Å². The number of benzene rings is 2. The Balaban J connectivity index is 0.693. The van der Waals surface area contributed by atoms with Gasteiger partial charge in [0.25, 0.3) is 30.1 Å². The minimum Gasteiger partial charge on any atom is -0.380 e. The molecule has 5 aromatic rings. The molecule has 0 radical (unpaired) electrons. The van der Waals surface area contributed by atoms with Gasteiger partial charge in [0.05, 0.1) is 47.8 Å². The van der Waals surface area contributed by atoms with Crippen LogP contribution in [0.1, 0.15) is 105 Å². The van der Waals surface area contributed by atoms with E-state index in [1.807, 2.05) is 18.2 Å². The monoisotopic (exact) mass is 903 g/mol. The molecule has 5 amide bonds. The molecule has 2 aromatic carbocycles. The molecule has 5 aliphatic rings. The van der Waals surface area contributed by atoms with Crippen LogP contribution in [0, 0.1) is 5.92 Å². The molecule has 344 valence electrons. The number of rotatable bonds is 14. The van der Waals surface area contributed by atoms with Crippen LogP contribution in [-0.2, 0) is 27.3 Å². The van der Waals surface area contributed by atoms with Crippen molar-refractivity contribution >= 4 is 52.4 Å². The molecule has 3 saturated heterocycles. The number of ether oxygens (including phenoxy) is 1. The van der Waals surface area contributed by atoms with Gasteiger partial charge in [-0.25, -0.2) is 18.3 Å². The Morgan fingerprint density at radius 1 is 0.955 bits per heavy atom. The fourth-order valence-electron chi connectivity index (χ4n) is 10.2. The van der Waals surface area contributed by atoms with Gasteiger partial charge >= 0.3 is 0 Å². The maximum Gasteiger partial charge on any atom is 0.284 e. The summed E-state index contributed by atoms with van der Waals surface area (Å²) < 4.78 is 37.4. The molecule has 2 N–H and O–H groups in total. The highest BCUT2D eigenvalue weighted by atomic mass is 19.3. The second-order valence-electron chi connectivity index (χ2n) is 18.2. The first-order valence-electron chi connectivity index (χ1n) is 22.6. The molecular weight excluding hydrogens is 853 g/mol. The highest BCUT2D eigenvalue weighted by Gasteiger charge is 2.47. The molecule has 10 rings (SSSR count). The number of carbonyl (C=O) groups excluding carboxylic acids is 5. The molecule has 7 heterocycles. The Morgan fingerprint density at radius 2 is 1.74 bits per heavy atom. The lowest BCUT2D eigenvalue weighted by molar-refractivity contribution is -0.149. The minimum atomic E-state index is -2.87. The first kappa shape index (κ1) is 43.3. The summed E-state index contributed by atoms with van der Waals surface area (Å²) in [4.78, 5) is 76.5. The van der Waals surface area contributed by atoms with E-state index in [-0.39, 0.29) is 59.3 Å². The third kappa shape index (κ3) is 8.18. The van der Waals surface area contributed by atoms with Crippen LogP contribution >= 0.6 is 0 Å². The number of alkyl halides is 2. The molecule has 19 heteroatoms. The average molecular weight is 904 g/mol. The number of piperidine rings is 1. The summed E-state index contributed by atoms with van der Waals surface area (Å²) in [7, 11) is 3.48. The zero-order valence-corrected chi connectivity index (χ0v) is 36.7. The van der Waals surface area contributed by atoms with Crippen molar-refractivity contribution in [1.82, 2.24) is 39.1 Å². The lowest BCUT2D eigenvalue weighted by Gasteiger charge is -2.32. The number of morpholine rings is 1. The van der Waals surface area contributed by atoms with Crippen molar-refractivity contribution in [3.8, 4) is 0 Å². The SMILES string of the molecule is CN(CCc1ccc(CNc2cccc3c2C(=O)N(C2CCC(=O)N(C)C2=O)C3=O)cc1)CC1CCC(n2cc(NC(=O)c3cnn4ccc(N5C[C@H]6CC5CO6)nc34)c(C(F)F)n2)CC1. The summed E-state index contributed by atoms with van der Waals surface area (Å²) in [6.07, 6.45) is 7.35. The van der Waals surface area contributed by atoms with Gasteiger partial charge in [0.15, 0.2) is 11.3 Å². The number of nitrogens with zero attached hydrogens (tertiary/aromatic N) is 9. The summed E-state index contributed by atoms with van der Waals surface area (Å²) in [5, 5.41) is 14.6. The quantitative estimate of drug-likeness (QED) is 0.137. The predicted molar refractivity (Wildman–Crippen MR) is 237 cm³/mol. The highest BCUT2D eigenvalue weighted by Crippen LogP contribution is 2.37. The molecule has 3 atom stereocenters. The van der Waals surface area contributed by atoms with Crippen molar-refractivity contribution in [3.63, 3.8) is 0 Å². The molecule has 66 heavy (non-hydrogen) atoms. The maximum absolute atomic E-state index is 14.3. The van der Waals surface area contributed by atoms with Gasteiger partial charge < -0.3 is 25.2 Å². The number of hydrogen-bond acceptors (Lipinski definition) is 12. The van der Waals surface area contributed by atoms with E-state index in [0.717, 1.165) is 79.3 Å². The van der Waals surface area contributed by atoms with Gasteiger partial charge in [-0.2, -0.15) is 10.2 Å². The van der Waals surface area contributed by atoms with Gasteiger partial charge in [0.1, 0.15) is 17.4 Å². The number of fused-ring (bicyclic) bond motifs is 4. The molecule has 4 fully saturated rings. The molecule has 2 unspecified atom stereocenters. The summed E-state index contributed by atoms with van der Waals surface area (Å²) in [5.41, 5.74) is 3.18. The Labute approximate surface area is 379 Å². The standard InChI is InChI=1S/C47H51F2N11O6/c1-55(18-16-27-6-8-28(9-7-27)21-50-35-5-3-4-33-40(35)47(65)60(45(33)63)37-14-15-39(61)56(2)46(37)64)23-29-10-12-30(13-11-29)59-25-36(41(54-59)42(48)49)52-44(62)34-22-51-58-19-17-38(53-43(34)58)57-24-32-20-31(57)26-66-32/h3-9,17,19,22,25,29-32,37,42,50H,10-16,18,20-21,23-24,26H2,1-2H3,(H,52,62)/t29?,30?,31?,32-,37?/m1/s1. The number of aromatic nitrogens is 5. The first-order valence-corrected chi connectivity index (χ1v) is 22.6. The lowest BCUT2D eigenvalue weighted by Crippen LogP contribution is -2.54. The predicted octanol–water partition coefficient (Wildman–Crippen LogP) is 5.35. The minimum absolute atomic E-state index is 0.0188. The van der Waals surface area contributed by atoms with E-state index in [9.17, 15) is 32.8 Å². The first-order chi connectivity index (χ1) is 31.9. The molecule has 17 nitrogen and oxygen atoms in total. The number of amides is 5. The smallest absolute Gasteiger partial charge is 0.284 e. The maximum atomic E-state index is 14.3. The van der Waals surface area contributed by atoms with E-state index in [4.69, 9.17) is 9.72 Å². The largest absolute Gasteiger partial charge is 0.380 e. The summed E-state index contributed by atoms with van der Waals surface area (Å²) in [6, 6.07) is 14.3. The van der Waals surface area contributed by atoms with Crippen LogP contribution in [-0.4, -0.2) is 127 Å². The van der Waals surface area contributed by atoms with Crippen LogP contribution < -0.4 is 15.5 Å². The topological polar surface area (TPSA) is 180 Å². The van der Waals surface area contributed by atoms with Crippen molar-refractivity contribution in [2.24, 2.45) is 5.92 Å². The van der Waals surface area contributed by atoms with Crippen LogP contribution in [0.5, 0.6) is 0 Å². The molecular formula is C47H51F2N11O6. The van der Waals surface area contributed by atoms with Crippen LogP contribution in [0.3, 0.4) is 0 Å². The van der Waals surface area contributed by atoms with Gasteiger partial charge in [0.2, 0.25) is 5.91 Å². The fourth-order valence-corrected chi connectivity index (χ4v) is 10.2. The Kier molecular flexibility index (Phi) is 11.6. The van der Waals surface area contributed by atoms with Gasteiger partial charge in [0, 0.05) is 57.7 Å². The number of carbonyl (C=O) groups is 5. The van der Waals surface area contributed by atoms with Gasteiger partial charge in [-0.1, -0.05) is 30.3 Å². The van der Waals surface area contributed by atoms with Crippen molar-refractivity contribution in [2.45, 2.75) is 88.6 Å². The van der Waals surface area contributed by atoms with E-state index in [0.29, 0.717) is 30.4 Å². The van der Waals surface area contributed by atoms with Crippen LogP contribution in [0.2, 0.25) is 0 Å². The number of imide groups is 2. The molecule has 0 spiro atoms. The molecule has 2 bridgehead atoms. The molecule has 3 aromatic heterocycles. The van der Waals surface area contributed by atoms with Crippen molar-refractivity contribution in [2.75, 3.05) is 55.9 Å². The van der Waals surface area contributed by atoms with Crippen LogP contribution in [0.15, 0.2) is 67.1 Å². The summed E-state index contributed by atoms with van der Waals surface area (Å²) in [5.74, 6) is -1.37. The van der Waals surface area contributed by atoms with Gasteiger partial charge in [-0.3, -0.25) is 38.5 Å². The van der Waals surface area contributed by atoms with Crippen molar-refractivity contribution in [1.29, 1.82) is 0 Å². The summed E-state index contributed by atoms with van der Waals surface area (Å²) >= 11 is 0. The zero-order valence-electron chi connectivity index (χ0n) is 36.7. The van der Waals surface area contributed by atoms with E-state index in [1.165, 1.54) is 29.5 Å². The zero-order chi connectivity index (χ0) is 45.8. The van der Waals surface area contributed by atoms with E-state index in [1.54, 1.807) is 29.1 Å². The second kappa shape index (κ2) is 17.7. The van der Waals surface area contributed by atoms with E-state index < -0.39 is 41.8 Å². The van der Waals surface area contributed by atoms with Gasteiger partial charge in [-0.15, -0.1) is 0 Å². The number of anilines is 3. The average Bonchev–Trinajstić information content (AvgIpc) is 4.18. The van der Waals surface area contributed by atoms with E-state index >= 15 is 0 Å². The highest BCUT2D eigenvalue weighted by molar-refractivity contribution is 6.25. The summed E-state index contributed by atoms with van der Waals surface area (Å²) in [6.45, 7) is 3.54. The number of halogens is 2. The van der Waals surface area contributed by atoms with Crippen LogP contribution in [0.25, 0.3) is 5.65 Å². The Bertz CT molecular complexity index is 2710. The molecule has 1 aliphatic carbocycles.